The first-order valence-corrected chi connectivity index (χ1v) is 8.28. The summed E-state index contributed by atoms with van der Waals surface area (Å²) in [6.07, 6.45) is 0. The summed E-state index contributed by atoms with van der Waals surface area (Å²) in [5.74, 6) is -1.02. The fourth-order valence-corrected chi connectivity index (χ4v) is 2.95. The summed E-state index contributed by atoms with van der Waals surface area (Å²) >= 11 is 5.79. The third kappa shape index (κ3) is 3.39. The average Bonchev–Trinajstić information content (AvgIpc) is 2.86. The van der Waals surface area contributed by atoms with Crippen LogP contribution in [-0.2, 0) is 10.3 Å². The summed E-state index contributed by atoms with van der Waals surface area (Å²) in [5.41, 5.74) is -0.835. The number of amides is 3. The number of carbonyl (C=O) groups excluding carboxylic acids is 3. The van der Waals surface area contributed by atoms with E-state index in [1.54, 1.807) is 12.1 Å². The lowest BCUT2D eigenvalue weighted by Gasteiger charge is -2.22. The van der Waals surface area contributed by atoms with E-state index in [1.165, 1.54) is 43.3 Å². The quantitative estimate of drug-likeness (QED) is 0.367. The first kappa shape index (κ1) is 18.5. The van der Waals surface area contributed by atoms with Crippen molar-refractivity contribution >= 4 is 35.0 Å². The van der Waals surface area contributed by atoms with Crippen LogP contribution in [0.4, 0.5) is 10.5 Å². The average molecular weight is 388 g/mol. The summed E-state index contributed by atoms with van der Waals surface area (Å²) < 4.78 is 0. The van der Waals surface area contributed by atoms with Gasteiger partial charge in [-0.25, -0.2) is 4.79 Å². The van der Waals surface area contributed by atoms with Crippen LogP contribution in [0.25, 0.3) is 0 Å². The van der Waals surface area contributed by atoms with Crippen molar-refractivity contribution in [2.24, 2.45) is 0 Å². The highest BCUT2D eigenvalue weighted by atomic mass is 35.5. The van der Waals surface area contributed by atoms with Crippen molar-refractivity contribution in [2.75, 3.05) is 6.54 Å². The van der Waals surface area contributed by atoms with E-state index in [0.29, 0.717) is 16.1 Å². The van der Waals surface area contributed by atoms with Gasteiger partial charge in [-0.2, -0.15) is 0 Å². The van der Waals surface area contributed by atoms with Gasteiger partial charge in [-0.15, -0.1) is 0 Å². The van der Waals surface area contributed by atoms with Crippen molar-refractivity contribution < 1.29 is 19.3 Å². The molecule has 2 aromatic rings. The Morgan fingerprint density at radius 3 is 2.30 bits per heavy atom. The first-order valence-electron chi connectivity index (χ1n) is 7.90. The number of Topliss-reactive ketones (excluding diaryl/α,β-unsaturated/α-hetero) is 1. The fourth-order valence-electron chi connectivity index (χ4n) is 2.82. The van der Waals surface area contributed by atoms with Crippen molar-refractivity contribution in [2.45, 2.75) is 12.5 Å². The van der Waals surface area contributed by atoms with Crippen molar-refractivity contribution in [3.05, 3.63) is 74.8 Å². The van der Waals surface area contributed by atoms with E-state index in [0.717, 1.165) is 4.90 Å². The van der Waals surface area contributed by atoms with Crippen LogP contribution in [0.5, 0.6) is 0 Å². The molecule has 0 radical (unpaired) electrons. The molecule has 0 aromatic heterocycles. The second-order valence-electron chi connectivity index (χ2n) is 6.18. The van der Waals surface area contributed by atoms with Crippen molar-refractivity contribution in [3.63, 3.8) is 0 Å². The third-order valence-corrected chi connectivity index (χ3v) is 4.65. The van der Waals surface area contributed by atoms with Crippen molar-refractivity contribution in [1.82, 2.24) is 10.2 Å². The molecule has 9 heteroatoms. The minimum absolute atomic E-state index is 0.131. The molecule has 1 heterocycles. The third-order valence-electron chi connectivity index (χ3n) is 4.40. The zero-order valence-electron chi connectivity index (χ0n) is 14.1. The maximum Gasteiger partial charge on any atom is 0.325 e. The Morgan fingerprint density at radius 2 is 1.74 bits per heavy atom. The fraction of sp³-hybridized carbons (Fsp3) is 0.167. The van der Waals surface area contributed by atoms with Gasteiger partial charge in [0.25, 0.3) is 11.6 Å². The number of rotatable bonds is 5. The van der Waals surface area contributed by atoms with Gasteiger partial charge in [0.05, 0.1) is 11.5 Å². The number of nitro benzene ring substituents is 1. The van der Waals surface area contributed by atoms with Crippen LogP contribution in [0.15, 0.2) is 48.5 Å². The number of hydrogen-bond donors (Lipinski definition) is 1. The highest BCUT2D eigenvalue weighted by Crippen LogP contribution is 2.30. The molecule has 2 aromatic carbocycles. The Bertz CT molecular complexity index is 942. The summed E-state index contributed by atoms with van der Waals surface area (Å²) in [4.78, 5) is 48.5. The predicted molar refractivity (Wildman–Crippen MR) is 96.5 cm³/mol. The molecule has 27 heavy (non-hydrogen) atoms. The van der Waals surface area contributed by atoms with Gasteiger partial charge in [-0.3, -0.25) is 24.6 Å². The van der Waals surface area contributed by atoms with E-state index in [9.17, 15) is 24.5 Å². The van der Waals surface area contributed by atoms with Crippen LogP contribution in [0.1, 0.15) is 22.8 Å². The molecule has 3 rings (SSSR count). The minimum atomic E-state index is -1.41. The second kappa shape index (κ2) is 6.81. The summed E-state index contributed by atoms with van der Waals surface area (Å²) in [7, 11) is 0. The number of benzene rings is 2. The number of hydrogen-bond acceptors (Lipinski definition) is 5. The van der Waals surface area contributed by atoms with Crippen molar-refractivity contribution in [3.8, 4) is 0 Å². The molecule has 1 saturated heterocycles. The molecule has 1 fully saturated rings. The van der Waals surface area contributed by atoms with Crippen LogP contribution in [-0.4, -0.2) is 34.1 Å². The molecule has 1 aliphatic rings. The number of non-ortho nitro benzene ring substituents is 1. The van der Waals surface area contributed by atoms with Gasteiger partial charge in [0, 0.05) is 22.7 Å². The second-order valence-corrected chi connectivity index (χ2v) is 6.62. The molecule has 138 valence electrons. The normalized spacial score (nSPS) is 19.1. The summed E-state index contributed by atoms with van der Waals surface area (Å²) in [6, 6.07) is 10.7. The van der Waals surface area contributed by atoms with Gasteiger partial charge in [0.15, 0.2) is 5.78 Å². The Morgan fingerprint density at radius 1 is 1.15 bits per heavy atom. The number of nitro groups is 1. The number of halogens is 1. The molecule has 1 N–H and O–H groups in total. The van der Waals surface area contributed by atoms with Crippen LogP contribution >= 0.6 is 11.6 Å². The Hall–Kier alpha value is -3.26. The first-order chi connectivity index (χ1) is 12.7. The lowest BCUT2D eigenvalue weighted by molar-refractivity contribution is -0.384. The standard InChI is InChI=1S/C18H14ClN3O5/c1-18(12-4-8-14(9-5-12)22(26)27)16(24)21(17(25)20-18)10-15(23)11-2-6-13(19)7-3-11/h2-9H,10H2,1H3,(H,20,25)/t18-/m1/s1. The van der Waals surface area contributed by atoms with Crippen molar-refractivity contribution in [1.29, 1.82) is 0 Å². The topological polar surface area (TPSA) is 110 Å². The number of nitrogens with zero attached hydrogens (tertiary/aromatic N) is 2. The lowest BCUT2D eigenvalue weighted by atomic mass is 9.92. The molecule has 3 amide bonds. The van der Waals surface area contributed by atoms with Crippen LogP contribution in [0, 0.1) is 10.1 Å². The molecular weight excluding hydrogens is 374 g/mol. The largest absolute Gasteiger partial charge is 0.325 e. The number of nitrogens with one attached hydrogen (secondary N) is 1. The maximum atomic E-state index is 12.8. The smallest absolute Gasteiger partial charge is 0.319 e. The zero-order chi connectivity index (χ0) is 19.8. The van der Waals surface area contributed by atoms with Crippen LogP contribution < -0.4 is 5.32 Å². The number of carbonyl (C=O) groups is 3. The van der Waals surface area contributed by atoms with E-state index < -0.39 is 34.7 Å². The Balaban J connectivity index is 1.82. The molecule has 1 atom stereocenters. The molecule has 0 bridgehead atoms. The predicted octanol–water partition coefficient (Wildman–Crippen LogP) is 2.90. The number of imide groups is 1. The molecule has 0 unspecified atom stereocenters. The SMILES string of the molecule is C[C@]1(c2ccc([N+](=O)[O-])cc2)NC(=O)N(CC(=O)c2ccc(Cl)cc2)C1=O. The lowest BCUT2D eigenvalue weighted by Crippen LogP contribution is -2.41. The van der Waals surface area contributed by atoms with E-state index in [4.69, 9.17) is 11.6 Å². The highest BCUT2D eigenvalue weighted by molar-refractivity contribution is 6.30. The number of urea groups is 1. The molecule has 0 saturated carbocycles. The molecular formula is C18H14ClN3O5. The van der Waals surface area contributed by atoms with E-state index >= 15 is 0 Å². The monoisotopic (exact) mass is 387 g/mol. The Labute approximate surface area is 158 Å². The number of ketones is 1. The van der Waals surface area contributed by atoms with Gasteiger partial charge in [0.2, 0.25) is 0 Å². The van der Waals surface area contributed by atoms with E-state index in [-0.39, 0.29) is 5.69 Å². The van der Waals surface area contributed by atoms with Crippen LogP contribution in [0.3, 0.4) is 0 Å². The van der Waals surface area contributed by atoms with E-state index in [2.05, 4.69) is 5.32 Å². The highest BCUT2D eigenvalue weighted by Gasteiger charge is 2.49. The van der Waals surface area contributed by atoms with E-state index in [1.807, 2.05) is 0 Å². The molecule has 0 spiro atoms. The molecule has 8 nitrogen and oxygen atoms in total. The summed E-state index contributed by atoms with van der Waals surface area (Å²) in [6.45, 7) is 1.07. The van der Waals surface area contributed by atoms with Gasteiger partial charge in [-0.05, 0) is 48.9 Å². The summed E-state index contributed by atoms with van der Waals surface area (Å²) in [5, 5.41) is 13.8. The zero-order valence-corrected chi connectivity index (χ0v) is 14.9. The molecule has 0 aliphatic carbocycles. The van der Waals surface area contributed by atoms with Gasteiger partial charge in [0.1, 0.15) is 5.54 Å². The Kier molecular flexibility index (Phi) is 4.67. The minimum Gasteiger partial charge on any atom is -0.319 e. The van der Waals surface area contributed by atoms with Gasteiger partial charge in [-0.1, -0.05) is 11.6 Å². The van der Waals surface area contributed by atoms with Crippen LogP contribution in [0.2, 0.25) is 5.02 Å². The molecule has 1 aliphatic heterocycles. The maximum absolute atomic E-state index is 12.8. The van der Waals surface area contributed by atoms with Gasteiger partial charge >= 0.3 is 6.03 Å². The van der Waals surface area contributed by atoms with Gasteiger partial charge < -0.3 is 5.32 Å².